The lowest BCUT2D eigenvalue weighted by Crippen LogP contribution is -1.98. The van der Waals surface area contributed by atoms with Crippen molar-refractivity contribution in [3.63, 3.8) is 0 Å². The standard InChI is InChI=1S/C19H17N/c20-19(14-13-15-7-2-1-3-8-15)18-12-6-10-16-9-4-5-11-17(16)18/h1-12,14H,13,20H2/b19-14-. The Morgan fingerprint density at radius 3 is 2.35 bits per heavy atom. The third kappa shape index (κ3) is 2.57. The van der Waals surface area contributed by atoms with Crippen molar-refractivity contribution in [2.24, 2.45) is 5.73 Å². The second-order valence-electron chi connectivity index (χ2n) is 4.88. The summed E-state index contributed by atoms with van der Waals surface area (Å²) in [5.41, 5.74) is 9.49. The number of benzene rings is 3. The Kier molecular flexibility index (Phi) is 3.51. The van der Waals surface area contributed by atoms with Crippen molar-refractivity contribution in [1.29, 1.82) is 0 Å². The van der Waals surface area contributed by atoms with Gasteiger partial charge < -0.3 is 5.73 Å². The molecular formula is C19H17N. The van der Waals surface area contributed by atoms with E-state index < -0.39 is 0 Å². The van der Waals surface area contributed by atoms with Crippen molar-refractivity contribution in [3.8, 4) is 0 Å². The Bertz CT molecular complexity index is 737. The van der Waals surface area contributed by atoms with Crippen LogP contribution in [-0.2, 0) is 6.42 Å². The highest BCUT2D eigenvalue weighted by molar-refractivity contribution is 5.93. The van der Waals surface area contributed by atoms with Crippen LogP contribution in [0.1, 0.15) is 11.1 Å². The molecule has 0 unspecified atom stereocenters. The molecule has 2 N–H and O–H groups in total. The van der Waals surface area contributed by atoms with Crippen LogP contribution in [0.4, 0.5) is 0 Å². The largest absolute Gasteiger partial charge is 0.398 e. The van der Waals surface area contributed by atoms with E-state index in [-0.39, 0.29) is 0 Å². The lowest BCUT2D eigenvalue weighted by molar-refractivity contribution is 1.26. The average molecular weight is 259 g/mol. The molecular weight excluding hydrogens is 242 g/mol. The van der Waals surface area contributed by atoms with E-state index in [1.54, 1.807) is 0 Å². The highest BCUT2D eigenvalue weighted by Gasteiger charge is 2.02. The minimum absolute atomic E-state index is 0.839. The van der Waals surface area contributed by atoms with Crippen LogP contribution < -0.4 is 5.73 Å². The normalized spacial score (nSPS) is 11.7. The Morgan fingerprint density at radius 1 is 0.800 bits per heavy atom. The summed E-state index contributed by atoms with van der Waals surface area (Å²) >= 11 is 0. The highest BCUT2D eigenvalue weighted by Crippen LogP contribution is 2.22. The van der Waals surface area contributed by atoms with Crippen molar-refractivity contribution >= 4 is 16.5 Å². The van der Waals surface area contributed by atoms with E-state index in [0.29, 0.717) is 0 Å². The van der Waals surface area contributed by atoms with E-state index in [4.69, 9.17) is 5.73 Å². The summed E-state index contributed by atoms with van der Waals surface area (Å²) in [6, 6.07) is 25.0. The fourth-order valence-electron chi connectivity index (χ4n) is 2.43. The maximum absolute atomic E-state index is 6.27. The molecule has 3 rings (SSSR count). The Hall–Kier alpha value is -2.54. The molecule has 0 heterocycles. The van der Waals surface area contributed by atoms with Gasteiger partial charge in [0.2, 0.25) is 0 Å². The first kappa shape index (κ1) is 12.5. The monoisotopic (exact) mass is 259 g/mol. The van der Waals surface area contributed by atoms with Gasteiger partial charge in [0.25, 0.3) is 0 Å². The summed E-state index contributed by atoms with van der Waals surface area (Å²) in [7, 11) is 0. The van der Waals surface area contributed by atoms with E-state index in [2.05, 4.69) is 72.8 Å². The second-order valence-corrected chi connectivity index (χ2v) is 4.88. The molecule has 0 bridgehead atoms. The molecule has 0 aliphatic carbocycles. The smallest absolute Gasteiger partial charge is 0.0356 e. The van der Waals surface area contributed by atoms with E-state index in [1.165, 1.54) is 16.3 Å². The van der Waals surface area contributed by atoms with Crippen molar-refractivity contribution in [1.82, 2.24) is 0 Å². The summed E-state index contributed by atoms with van der Waals surface area (Å²) < 4.78 is 0. The van der Waals surface area contributed by atoms with Crippen molar-refractivity contribution < 1.29 is 0 Å². The molecule has 1 heteroatoms. The van der Waals surface area contributed by atoms with Crippen LogP contribution in [0.2, 0.25) is 0 Å². The molecule has 0 spiro atoms. The predicted octanol–water partition coefficient (Wildman–Crippen LogP) is 4.38. The Labute approximate surface area is 119 Å². The first-order valence-corrected chi connectivity index (χ1v) is 6.82. The molecule has 0 saturated heterocycles. The molecule has 0 aromatic heterocycles. The van der Waals surface area contributed by atoms with E-state index in [0.717, 1.165) is 17.7 Å². The fraction of sp³-hybridized carbons (Fsp3) is 0.0526. The number of fused-ring (bicyclic) bond motifs is 1. The first-order chi connectivity index (χ1) is 9.84. The van der Waals surface area contributed by atoms with E-state index in [1.807, 2.05) is 6.07 Å². The second kappa shape index (κ2) is 5.62. The van der Waals surface area contributed by atoms with Gasteiger partial charge in [0.15, 0.2) is 0 Å². The van der Waals surface area contributed by atoms with Gasteiger partial charge in [-0.05, 0) is 22.8 Å². The van der Waals surface area contributed by atoms with Crippen LogP contribution in [0.5, 0.6) is 0 Å². The number of nitrogens with two attached hydrogens (primary N) is 1. The summed E-state index contributed by atoms with van der Waals surface area (Å²) in [5.74, 6) is 0. The quantitative estimate of drug-likeness (QED) is 0.742. The maximum atomic E-state index is 6.27. The van der Waals surface area contributed by atoms with E-state index >= 15 is 0 Å². The Balaban J connectivity index is 1.94. The fourth-order valence-corrected chi connectivity index (χ4v) is 2.43. The number of hydrogen-bond donors (Lipinski definition) is 1. The zero-order valence-corrected chi connectivity index (χ0v) is 11.3. The predicted molar refractivity (Wildman–Crippen MR) is 86.3 cm³/mol. The molecule has 98 valence electrons. The minimum Gasteiger partial charge on any atom is -0.398 e. The average Bonchev–Trinajstić information content (AvgIpc) is 2.53. The number of hydrogen-bond acceptors (Lipinski definition) is 1. The Morgan fingerprint density at radius 2 is 1.50 bits per heavy atom. The van der Waals surface area contributed by atoms with Gasteiger partial charge in [0.05, 0.1) is 0 Å². The zero-order valence-electron chi connectivity index (χ0n) is 11.3. The maximum Gasteiger partial charge on any atom is 0.0356 e. The van der Waals surface area contributed by atoms with Gasteiger partial charge >= 0.3 is 0 Å². The van der Waals surface area contributed by atoms with Crippen LogP contribution in [0.3, 0.4) is 0 Å². The molecule has 0 atom stereocenters. The third-order valence-electron chi connectivity index (χ3n) is 3.50. The zero-order chi connectivity index (χ0) is 13.8. The molecule has 20 heavy (non-hydrogen) atoms. The third-order valence-corrected chi connectivity index (χ3v) is 3.50. The van der Waals surface area contributed by atoms with Crippen molar-refractivity contribution in [2.75, 3.05) is 0 Å². The summed E-state index contributed by atoms with van der Waals surface area (Å²) in [6.45, 7) is 0. The molecule has 0 aliphatic rings. The minimum atomic E-state index is 0.839. The molecule has 0 fully saturated rings. The lowest BCUT2D eigenvalue weighted by Gasteiger charge is -2.07. The van der Waals surface area contributed by atoms with Gasteiger partial charge in [-0.3, -0.25) is 0 Å². The first-order valence-electron chi connectivity index (χ1n) is 6.82. The van der Waals surface area contributed by atoms with Crippen LogP contribution in [0, 0.1) is 0 Å². The van der Waals surface area contributed by atoms with Crippen LogP contribution >= 0.6 is 0 Å². The molecule has 0 saturated carbocycles. The van der Waals surface area contributed by atoms with Gasteiger partial charge in [-0.1, -0.05) is 78.9 Å². The number of rotatable bonds is 3. The van der Waals surface area contributed by atoms with Gasteiger partial charge in [-0.25, -0.2) is 0 Å². The van der Waals surface area contributed by atoms with Crippen LogP contribution in [0.25, 0.3) is 16.5 Å². The van der Waals surface area contributed by atoms with Crippen molar-refractivity contribution in [2.45, 2.75) is 6.42 Å². The molecule has 0 amide bonds. The van der Waals surface area contributed by atoms with E-state index in [9.17, 15) is 0 Å². The number of allylic oxidation sites excluding steroid dienone is 1. The molecule has 3 aromatic rings. The van der Waals surface area contributed by atoms with Gasteiger partial charge in [-0.15, -0.1) is 0 Å². The van der Waals surface area contributed by atoms with Gasteiger partial charge in [-0.2, -0.15) is 0 Å². The van der Waals surface area contributed by atoms with Crippen LogP contribution in [0.15, 0.2) is 78.9 Å². The SMILES string of the molecule is N/C(=C\Cc1ccccc1)c1cccc2ccccc12. The lowest BCUT2D eigenvalue weighted by atomic mass is 10.0. The highest BCUT2D eigenvalue weighted by atomic mass is 14.6. The van der Waals surface area contributed by atoms with Gasteiger partial charge in [0, 0.05) is 11.3 Å². The molecule has 1 nitrogen and oxygen atoms in total. The van der Waals surface area contributed by atoms with Crippen molar-refractivity contribution in [3.05, 3.63) is 90.0 Å². The summed E-state index contributed by atoms with van der Waals surface area (Å²) in [5, 5.41) is 2.43. The topological polar surface area (TPSA) is 26.0 Å². The summed E-state index contributed by atoms with van der Waals surface area (Å²) in [4.78, 5) is 0. The molecule has 3 aromatic carbocycles. The summed E-state index contributed by atoms with van der Waals surface area (Å²) in [6.07, 6.45) is 2.95. The molecule has 0 radical (unpaired) electrons. The molecule has 0 aliphatic heterocycles. The van der Waals surface area contributed by atoms with Crippen LogP contribution in [-0.4, -0.2) is 0 Å². The van der Waals surface area contributed by atoms with Gasteiger partial charge in [0.1, 0.15) is 0 Å².